The van der Waals surface area contributed by atoms with E-state index in [0.29, 0.717) is 36.8 Å². The van der Waals surface area contributed by atoms with Gasteiger partial charge in [-0.1, -0.05) is 18.2 Å². The van der Waals surface area contributed by atoms with Gasteiger partial charge in [0.2, 0.25) is 5.91 Å². The molecule has 0 atom stereocenters. The van der Waals surface area contributed by atoms with Gasteiger partial charge in [-0.2, -0.15) is 0 Å². The molecule has 5 nitrogen and oxygen atoms in total. The molecule has 1 N–H and O–H groups in total. The molecular weight excluding hydrogens is 270 g/mol. The van der Waals surface area contributed by atoms with E-state index in [1.807, 2.05) is 24.3 Å². The summed E-state index contributed by atoms with van der Waals surface area (Å²) in [5.41, 5.74) is 2.18. The van der Waals surface area contributed by atoms with E-state index in [-0.39, 0.29) is 11.7 Å². The Hall–Kier alpha value is -2.69. The summed E-state index contributed by atoms with van der Waals surface area (Å²) in [7, 11) is 0. The molecule has 4 rings (SSSR count). The number of nitrogens with zero attached hydrogens (tertiary/aromatic N) is 1. The highest BCUT2D eigenvalue weighted by Crippen LogP contribution is 2.45. The third-order valence-corrected chi connectivity index (χ3v) is 3.70. The molecule has 106 valence electrons. The third-order valence-electron chi connectivity index (χ3n) is 3.70. The number of amides is 1. The van der Waals surface area contributed by atoms with Gasteiger partial charge in [0.25, 0.3) is 0 Å². The van der Waals surface area contributed by atoms with Gasteiger partial charge in [-0.25, -0.2) is 0 Å². The van der Waals surface area contributed by atoms with E-state index in [1.165, 1.54) is 11.0 Å². The van der Waals surface area contributed by atoms with Crippen LogP contribution >= 0.6 is 0 Å². The van der Waals surface area contributed by atoms with E-state index < -0.39 is 0 Å². The summed E-state index contributed by atoms with van der Waals surface area (Å²) in [5.74, 6) is 0.987. The second-order valence-electron chi connectivity index (χ2n) is 5.02. The van der Waals surface area contributed by atoms with Gasteiger partial charge in [0.15, 0.2) is 11.5 Å². The number of carbonyl (C=O) groups excluding carboxylic acids is 1. The van der Waals surface area contributed by atoms with Crippen LogP contribution in [0.1, 0.15) is 5.56 Å². The molecule has 0 saturated heterocycles. The summed E-state index contributed by atoms with van der Waals surface area (Å²) in [6.07, 6.45) is 0.337. The number of aromatic hydroxyl groups is 1. The average molecular weight is 283 g/mol. The number of benzene rings is 2. The van der Waals surface area contributed by atoms with E-state index in [4.69, 9.17) is 9.47 Å². The second kappa shape index (κ2) is 4.41. The number of rotatable bonds is 1. The Bertz CT molecular complexity index is 741. The van der Waals surface area contributed by atoms with E-state index in [9.17, 15) is 9.90 Å². The lowest BCUT2D eigenvalue weighted by molar-refractivity contribution is -0.116. The number of hydrogen-bond donors (Lipinski definition) is 1. The predicted octanol–water partition coefficient (Wildman–Crippen LogP) is 2.38. The highest BCUT2D eigenvalue weighted by molar-refractivity contribution is 6.08. The van der Waals surface area contributed by atoms with Crippen LogP contribution in [0.3, 0.4) is 0 Å². The average Bonchev–Trinajstić information content (AvgIpc) is 2.82. The number of anilines is 2. The van der Waals surface area contributed by atoms with Crippen molar-refractivity contribution in [3.8, 4) is 17.2 Å². The van der Waals surface area contributed by atoms with Gasteiger partial charge in [0.05, 0.1) is 17.8 Å². The molecule has 2 heterocycles. The van der Waals surface area contributed by atoms with Crippen molar-refractivity contribution in [1.82, 2.24) is 0 Å². The van der Waals surface area contributed by atoms with Gasteiger partial charge in [0, 0.05) is 12.1 Å². The first-order chi connectivity index (χ1) is 10.2. The molecule has 0 radical (unpaired) electrons. The van der Waals surface area contributed by atoms with Crippen molar-refractivity contribution in [1.29, 1.82) is 0 Å². The van der Waals surface area contributed by atoms with Crippen LogP contribution in [0.15, 0.2) is 36.4 Å². The van der Waals surface area contributed by atoms with Crippen molar-refractivity contribution >= 4 is 17.3 Å². The van der Waals surface area contributed by atoms with E-state index in [1.54, 1.807) is 6.07 Å². The second-order valence-corrected chi connectivity index (χ2v) is 5.02. The van der Waals surface area contributed by atoms with Crippen LogP contribution in [0.25, 0.3) is 0 Å². The largest absolute Gasteiger partial charge is 0.506 e. The maximum absolute atomic E-state index is 12.3. The molecule has 2 aliphatic rings. The summed E-state index contributed by atoms with van der Waals surface area (Å²) in [5, 5.41) is 10.2. The highest BCUT2D eigenvalue weighted by atomic mass is 16.6. The van der Waals surface area contributed by atoms with Gasteiger partial charge >= 0.3 is 0 Å². The zero-order chi connectivity index (χ0) is 14.4. The molecule has 0 spiro atoms. The molecule has 21 heavy (non-hydrogen) atoms. The van der Waals surface area contributed by atoms with Crippen molar-refractivity contribution in [2.24, 2.45) is 0 Å². The Kier molecular flexibility index (Phi) is 2.54. The molecule has 0 saturated carbocycles. The predicted molar refractivity (Wildman–Crippen MR) is 76.4 cm³/mol. The standard InChI is InChI=1S/C16H13NO4/c18-13-9-15-14(20-5-6-21-15)8-12(13)17-11-4-2-1-3-10(11)7-16(17)19/h1-4,8-9,18H,5-7H2. The molecule has 1 amide bonds. The molecule has 0 aromatic heterocycles. The van der Waals surface area contributed by atoms with E-state index in [2.05, 4.69) is 0 Å². The quantitative estimate of drug-likeness (QED) is 0.873. The van der Waals surface area contributed by atoms with E-state index in [0.717, 1.165) is 11.3 Å². The van der Waals surface area contributed by atoms with Crippen LogP contribution < -0.4 is 14.4 Å². The zero-order valence-electron chi connectivity index (χ0n) is 11.2. The summed E-state index contributed by atoms with van der Waals surface area (Å²) in [4.78, 5) is 13.8. The molecule has 0 fully saturated rings. The summed E-state index contributed by atoms with van der Waals surface area (Å²) < 4.78 is 11.0. The Balaban J connectivity index is 1.85. The normalized spacial score (nSPS) is 16.0. The van der Waals surface area contributed by atoms with Gasteiger partial charge in [0.1, 0.15) is 19.0 Å². The smallest absolute Gasteiger partial charge is 0.236 e. The Morgan fingerprint density at radius 2 is 1.71 bits per heavy atom. The van der Waals surface area contributed by atoms with Crippen molar-refractivity contribution < 1.29 is 19.4 Å². The minimum Gasteiger partial charge on any atom is -0.506 e. The number of carbonyl (C=O) groups is 1. The maximum Gasteiger partial charge on any atom is 0.236 e. The summed E-state index contributed by atoms with van der Waals surface area (Å²) in [6, 6.07) is 10.7. The highest BCUT2D eigenvalue weighted by Gasteiger charge is 2.31. The maximum atomic E-state index is 12.3. The van der Waals surface area contributed by atoms with Gasteiger partial charge in [-0.05, 0) is 11.6 Å². The number of hydrogen-bond acceptors (Lipinski definition) is 4. The monoisotopic (exact) mass is 283 g/mol. The summed E-state index contributed by atoms with van der Waals surface area (Å²) in [6.45, 7) is 0.916. The molecule has 2 aromatic carbocycles. The van der Waals surface area contributed by atoms with E-state index >= 15 is 0 Å². The fraction of sp³-hybridized carbons (Fsp3) is 0.188. The van der Waals surface area contributed by atoms with Crippen LogP contribution in [0.5, 0.6) is 17.2 Å². The third kappa shape index (κ3) is 1.81. The molecule has 2 aliphatic heterocycles. The van der Waals surface area contributed by atoms with Crippen molar-refractivity contribution in [2.45, 2.75) is 6.42 Å². The van der Waals surface area contributed by atoms with Crippen LogP contribution in [-0.4, -0.2) is 24.2 Å². The van der Waals surface area contributed by atoms with Crippen molar-refractivity contribution in [3.05, 3.63) is 42.0 Å². The Morgan fingerprint density at radius 3 is 2.52 bits per heavy atom. The Labute approximate surface area is 121 Å². The lowest BCUT2D eigenvalue weighted by atomic mass is 10.1. The minimum absolute atomic E-state index is 0.00398. The molecule has 0 unspecified atom stereocenters. The number of para-hydroxylation sites is 1. The molecular formula is C16H13NO4. The van der Waals surface area contributed by atoms with Crippen molar-refractivity contribution in [3.63, 3.8) is 0 Å². The summed E-state index contributed by atoms with van der Waals surface area (Å²) >= 11 is 0. The van der Waals surface area contributed by atoms with Crippen LogP contribution in [0.4, 0.5) is 11.4 Å². The number of fused-ring (bicyclic) bond motifs is 2. The molecule has 5 heteroatoms. The number of ether oxygens (including phenoxy) is 2. The Morgan fingerprint density at radius 1 is 1.00 bits per heavy atom. The molecule has 0 bridgehead atoms. The van der Waals surface area contributed by atoms with Gasteiger partial charge in [-0.15, -0.1) is 0 Å². The lowest BCUT2D eigenvalue weighted by Crippen LogP contribution is -2.22. The van der Waals surface area contributed by atoms with Gasteiger partial charge in [-0.3, -0.25) is 9.69 Å². The topological polar surface area (TPSA) is 59.0 Å². The first-order valence-electron chi connectivity index (χ1n) is 6.77. The fourth-order valence-corrected chi connectivity index (χ4v) is 2.77. The van der Waals surface area contributed by atoms with Crippen LogP contribution in [0.2, 0.25) is 0 Å². The van der Waals surface area contributed by atoms with Crippen LogP contribution in [0, 0.1) is 0 Å². The SMILES string of the molecule is O=C1Cc2ccccc2N1c1cc2c(cc1O)OCCO2. The number of phenolic OH excluding ortho intramolecular Hbond substituents is 1. The lowest BCUT2D eigenvalue weighted by Gasteiger charge is -2.23. The minimum atomic E-state index is -0.0665. The zero-order valence-corrected chi connectivity index (χ0v) is 11.2. The first kappa shape index (κ1) is 12.1. The van der Waals surface area contributed by atoms with Gasteiger partial charge < -0.3 is 14.6 Å². The fourth-order valence-electron chi connectivity index (χ4n) is 2.77. The van der Waals surface area contributed by atoms with Crippen LogP contribution in [-0.2, 0) is 11.2 Å². The first-order valence-corrected chi connectivity index (χ1v) is 6.77. The van der Waals surface area contributed by atoms with Crippen molar-refractivity contribution in [2.75, 3.05) is 18.1 Å². The number of phenols is 1. The molecule has 0 aliphatic carbocycles. The molecule has 2 aromatic rings.